The van der Waals surface area contributed by atoms with Crippen molar-refractivity contribution in [2.24, 2.45) is 0 Å². The van der Waals surface area contributed by atoms with Crippen molar-refractivity contribution in [3.05, 3.63) is 70.5 Å². The van der Waals surface area contributed by atoms with Gasteiger partial charge in [0.15, 0.2) is 10.8 Å². The molecule has 2 aromatic rings. The summed E-state index contributed by atoms with van der Waals surface area (Å²) in [6.45, 7) is 5.52. The van der Waals surface area contributed by atoms with Gasteiger partial charge >= 0.3 is 12.0 Å². The van der Waals surface area contributed by atoms with Crippen LogP contribution in [0.25, 0.3) is 0 Å². The number of amides is 4. The van der Waals surface area contributed by atoms with Crippen LogP contribution in [0.3, 0.4) is 0 Å². The zero-order valence-electron chi connectivity index (χ0n) is 22.6. The third-order valence-corrected chi connectivity index (χ3v) is 5.77. The molecule has 2 N–H and O–H groups in total. The van der Waals surface area contributed by atoms with Gasteiger partial charge in [-0.1, -0.05) is 57.2 Å². The third kappa shape index (κ3) is 10.4. The van der Waals surface area contributed by atoms with Crippen LogP contribution in [0.15, 0.2) is 59.3 Å². The van der Waals surface area contributed by atoms with E-state index in [-0.39, 0.29) is 29.4 Å². The van der Waals surface area contributed by atoms with Crippen molar-refractivity contribution in [1.29, 1.82) is 0 Å². The summed E-state index contributed by atoms with van der Waals surface area (Å²) >= 11 is 0.967. The Balaban J connectivity index is 0.00000371. The van der Waals surface area contributed by atoms with Crippen LogP contribution < -0.4 is 10.6 Å². The van der Waals surface area contributed by atoms with Gasteiger partial charge in [-0.2, -0.15) is 0 Å². The summed E-state index contributed by atoms with van der Waals surface area (Å²) in [4.78, 5) is 55.4. The molecule has 0 unspecified atom stereocenters. The van der Waals surface area contributed by atoms with Crippen LogP contribution >= 0.6 is 11.3 Å². The number of allylic oxidation sites excluding steroid dienone is 2. The predicted molar refractivity (Wildman–Crippen MR) is 147 cm³/mol. The molecule has 0 bridgehead atoms. The number of imide groups is 1. The number of nitrogens with zero attached hydrogens (tertiary/aromatic N) is 2. The van der Waals surface area contributed by atoms with Gasteiger partial charge < -0.3 is 15.4 Å². The summed E-state index contributed by atoms with van der Waals surface area (Å²) in [6, 6.07) is 6.48. The van der Waals surface area contributed by atoms with Crippen LogP contribution in [0.1, 0.15) is 50.2 Å². The Kier molecular flexibility index (Phi) is 14.9. The molecule has 2 rings (SSSR count). The van der Waals surface area contributed by atoms with E-state index in [1.165, 1.54) is 18.6 Å². The number of nitrogens with one attached hydrogen (secondary N) is 2. The smallest absolute Gasteiger partial charge is 0.357 e. The molecule has 12 heteroatoms. The molecule has 212 valence electrons. The van der Waals surface area contributed by atoms with Crippen molar-refractivity contribution >= 4 is 40.3 Å². The first-order valence-corrected chi connectivity index (χ1v) is 13.2. The van der Waals surface area contributed by atoms with Gasteiger partial charge in [0.05, 0.1) is 7.11 Å². The van der Waals surface area contributed by atoms with Crippen LogP contribution in [-0.4, -0.2) is 60.1 Å². The Morgan fingerprint density at radius 3 is 2.38 bits per heavy atom. The average molecular weight is 565 g/mol. The minimum Gasteiger partial charge on any atom is -0.464 e. The van der Waals surface area contributed by atoms with Crippen LogP contribution in [0.2, 0.25) is 0 Å². The second-order valence-electron chi connectivity index (χ2n) is 7.62. The highest BCUT2D eigenvalue weighted by molar-refractivity contribution is 7.14. The Morgan fingerprint density at radius 1 is 1.15 bits per heavy atom. The van der Waals surface area contributed by atoms with Gasteiger partial charge in [0, 0.05) is 30.8 Å². The van der Waals surface area contributed by atoms with Crippen molar-refractivity contribution in [1.82, 2.24) is 15.2 Å². The van der Waals surface area contributed by atoms with Gasteiger partial charge in [-0.25, -0.2) is 23.4 Å². The molecule has 39 heavy (non-hydrogen) atoms. The number of aromatic nitrogens is 1. The molecular weight excluding hydrogens is 530 g/mol. The second-order valence-corrected chi connectivity index (χ2v) is 8.47. The Hall–Kier alpha value is -3.93. The highest BCUT2D eigenvalue weighted by Gasteiger charge is 2.34. The number of halogens is 2. The Labute approximate surface area is 230 Å². The Bertz CT molecular complexity index is 1170. The molecule has 0 aliphatic rings. The SMILES string of the molecule is CC.CC/C=C(CNC(=O)N(C(C)=O)[C@@H](Cc1ccccc1)C(=O)Nc1nc(C(=O)OC)cs1)\C(F)=C/CF. The number of ether oxygens (including phenoxy) is 1. The molecule has 0 spiro atoms. The Morgan fingerprint density at radius 2 is 1.82 bits per heavy atom. The standard InChI is InChI=1S/C25H28F2N4O5S.C2H6/c1-4-8-18(19(27)11-12-26)14-28-25(35)31(16(2)32)21(13-17-9-6-5-7-10-17)22(33)30-24-29-20(15-37-24)23(34)36-3;1-2/h5-11,15,21H,4,12-14H2,1-3H3,(H,28,35)(H,29,30,33);1-2H3/b18-8-,19-11+;/t21-;/m0./s1. The summed E-state index contributed by atoms with van der Waals surface area (Å²) in [6.07, 6.45) is 2.62. The zero-order valence-corrected chi connectivity index (χ0v) is 23.4. The summed E-state index contributed by atoms with van der Waals surface area (Å²) in [7, 11) is 1.19. The number of hydrogen-bond acceptors (Lipinski definition) is 7. The minimum atomic E-state index is -1.31. The summed E-state index contributed by atoms with van der Waals surface area (Å²) < 4.78 is 31.4. The molecule has 0 fully saturated rings. The van der Waals surface area contributed by atoms with Gasteiger partial charge in [-0.05, 0) is 18.1 Å². The lowest BCUT2D eigenvalue weighted by Crippen LogP contribution is -2.54. The molecule has 4 amide bonds. The number of methoxy groups -OCH3 is 1. The number of anilines is 1. The average Bonchev–Trinajstić information content (AvgIpc) is 3.40. The number of carbonyl (C=O) groups is 4. The van der Waals surface area contributed by atoms with E-state index in [9.17, 15) is 28.0 Å². The fraction of sp³-hybridized carbons (Fsp3) is 0.370. The number of rotatable bonds is 11. The highest BCUT2D eigenvalue weighted by Crippen LogP contribution is 2.19. The molecule has 1 aromatic carbocycles. The predicted octanol–water partition coefficient (Wildman–Crippen LogP) is 5.22. The van der Waals surface area contributed by atoms with Crippen LogP contribution in [0, 0.1) is 0 Å². The van der Waals surface area contributed by atoms with Crippen LogP contribution in [-0.2, 0) is 20.7 Å². The lowest BCUT2D eigenvalue weighted by atomic mass is 10.0. The molecule has 0 aliphatic heterocycles. The van der Waals surface area contributed by atoms with Crippen molar-refractivity contribution in [3.63, 3.8) is 0 Å². The van der Waals surface area contributed by atoms with E-state index >= 15 is 0 Å². The largest absolute Gasteiger partial charge is 0.464 e. The fourth-order valence-corrected chi connectivity index (χ4v) is 4.00. The minimum absolute atomic E-state index is 0.0119. The van der Waals surface area contributed by atoms with Crippen molar-refractivity contribution in [2.45, 2.75) is 46.6 Å². The van der Waals surface area contributed by atoms with Gasteiger partial charge in [-0.3, -0.25) is 14.5 Å². The number of benzene rings is 1. The van der Waals surface area contributed by atoms with E-state index in [0.717, 1.165) is 29.2 Å². The number of thiazole rings is 1. The van der Waals surface area contributed by atoms with E-state index in [2.05, 4.69) is 20.4 Å². The van der Waals surface area contributed by atoms with E-state index in [4.69, 9.17) is 0 Å². The first-order chi connectivity index (χ1) is 18.7. The summed E-state index contributed by atoms with van der Waals surface area (Å²) in [5, 5.41) is 6.44. The molecule has 0 saturated heterocycles. The number of urea groups is 1. The topological polar surface area (TPSA) is 118 Å². The van der Waals surface area contributed by atoms with E-state index < -0.39 is 42.4 Å². The van der Waals surface area contributed by atoms with Crippen LogP contribution in [0.4, 0.5) is 18.7 Å². The molecule has 0 saturated carbocycles. The van der Waals surface area contributed by atoms with E-state index in [0.29, 0.717) is 12.0 Å². The maximum Gasteiger partial charge on any atom is 0.357 e. The van der Waals surface area contributed by atoms with Gasteiger partial charge in [0.1, 0.15) is 18.5 Å². The van der Waals surface area contributed by atoms with E-state index in [1.54, 1.807) is 37.3 Å². The molecule has 1 aromatic heterocycles. The highest BCUT2D eigenvalue weighted by atomic mass is 32.1. The molecule has 1 atom stereocenters. The third-order valence-electron chi connectivity index (χ3n) is 5.02. The number of carbonyl (C=O) groups excluding carboxylic acids is 4. The normalized spacial score (nSPS) is 12.0. The second kappa shape index (κ2) is 17.6. The van der Waals surface area contributed by atoms with Crippen LogP contribution in [0.5, 0.6) is 0 Å². The maximum absolute atomic E-state index is 14.2. The quantitative estimate of drug-likeness (QED) is 0.285. The number of hydrogen-bond donors (Lipinski definition) is 2. The van der Waals surface area contributed by atoms with Gasteiger partial charge in [-0.15, -0.1) is 11.3 Å². The first kappa shape index (κ1) is 33.1. The molecule has 1 heterocycles. The summed E-state index contributed by atoms with van der Waals surface area (Å²) in [5.41, 5.74) is 0.695. The fourth-order valence-electron chi connectivity index (χ4n) is 3.32. The van der Waals surface area contributed by atoms with Gasteiger partial charge in [0.25, 0.3) is 0 Å². The maximum atomic E-state index is 14.2. The summed E-state index contributed by atoms with van der Waals surface area (Å²) in [5.74, 6) is -2.98. The van der Waals surface area contributed by atoms with Crippen molar-refractivity contribution in [3.8, 4) is 0 Å². The van der Waals surface area contributed by atoms with Crippen molar-refractivity contribution in [2.75, 3.05) is 25.6 Å². The lowest BCUT2D eigenvalue weighted by molar-refractivity contribution is -0.133. The molecular formula is C27H34F2N4O5S. The lowest BCUT2D eigenvalue weighted by Gasteiger charge is -2.28. The monoisotopic (exact) mass is 564 g/mol. The first-order valence-electron chi connectivity index (χ1n) is 12.3. The molecule has 0 aliphatic carbocycles. The van der Waals surface area contributed by atoms with Crippen molar-refractivity contribution < 1.29 is 32.7 Å². The number of esters is 1. The zero-order chi connectivity index (χ0) is 29.4. The number of alkyl halides is 1. The van der Waals surface area contributed by atoms with E-state index in [1.807, 2.05) is 13.8 Å². The van der Waals surface area contributed by atoms with Gasteiger partial charge in [0.2, 0.25) is 11.8 Å². The molecule has 9 nitrogen and oxygen atoms in total. The molecule has 0 radical (unpaired) electrons.